The Kier molecular flexibility index (Phi) is 5.98. The van der Waals surface area contributed by atoms with Crippen molar-refractivity contribution < 1.29 is 4.79 Å². The minimum Gasteiger partial charge on any atom is -0.349 e. The maximum Gasteiger partial charge on any atom is 0.221 e. The molecule has 1 atom stereocenters. The highest BCUT2D eigenvalue weighted by molar-refractivity contribution is 5.76. The van der Waals surface area contributed by atoms with Gasteiger partial charge in [0.05, 0.1) is 6.04 Å². The summed E-state index contributed by atoms with van der Waals surface area (Å²) in [5, 5.41) is 3.09. The summed E-state index contributed by atoms with van der Waals surface area (Å²) in [6.07, 6.45) is 2.18. The molecule has 21 heavy (non-hydrogen) atoms. The van der Waals surface area contributed by atoms with E-state index in [0.717, 1.165) is 18.4 Å². The van der Waals surface area contributed by atoms with Crippen LogP contribution >= 0.6 is 0 Å². The number of hydrogen-bond donors (Lipinski definition) is 2. The van der Waals surface area contributed by atoms with Gasteiger partial charge in [-0.2, -0.15) is 0 Å². The third kappa shape index (κ3) is 5.04. The van der Waals surface area contributed by atoms with Crippen molar-refractivity contribution >= 4 is 5.91 Å². The summed E-state index contributed by atoms with van der Waals surface area (Å²) in [5.74, 6) is 0.0133. The van der Waals surface area contributed by atoms with E-state index in [1.54, 1.807) is 0 Å². The van der Waals surface area contributed by atoms with Crippen LogP contribution in [0.25, 0.3) is 0 Å². The van der Waals surface area contributed by atoms with E-state index in [2.05, 4.69) is 29.6 Å². The third-order valence-corrected chi connectivity index (χ3v) is 3.47. The number of nitrogens with one attached hydrogen (secondary N) is 1. The first-order valence-electron chi connectivity index (χ1n) is 7.38. The van der Waals surface area contributed by atoms with Crippen molar-refractivity contribution in [1.82, 2.24) is 5.32 Å². The fraction of sp³-hybridized carbons (Fsp3) is 0.278. The van der Waals surface area contributed by atoms with Crippen LogP contribution in [0.5, 0.6) is 0 Å². The molecular weight excluding hydrogens is 260 g/mol. The summed E-state index contributed by atoms with van der Waals surface area (Å²) in [5.41, 5.74) is 7.87. The molecule has 0 saturated heterocycles. The second-order valence-electron chi connectivity index (χ2n) is 5.09. The second kappa shape index (κ2) is 8.22. The molecule has 3 heteroatoms. The highest BCUT2D eigenvalue weighted by atomic mass is 16.1. The van der Waals surface area contributed by atoms with Gasteiger partial charge >= 0.3 is 0 Å². The van der Waals surface area contributed by atoms with Crippen molar-refractivity contribution in [2.24, 2.45) is 5.73 Å². The van der Waals surface area contributed by atoms with Crippen molar-refractivity contribution in [3.63, 3.8) is 0 Å². The quantitative estimate of drug-likeness (QED) is 0.820. The van der Waals surface area contributed by atoms with Gasteiger partial charge in [-0.1, -0.05) is 60.7 Å². The molecule has 0 heterocycles. The molecule has 110 valence electrons. The van der Waals surface area contributed by atoms with Crippen molar-refractivity contribution in [3.05, 3.63) is 71.8 Å². The normalized spacial score (nSPS) is 11.9. The fourth-order valence-electron chi connectivity index (χ4n) is 2.36. The van der Waals surface area contributed by atoms with Gasteiger partial charge in [0.2, 0.25) is 5.91 Å². The minimum absolute atomic E-state index is 0.0133. The maximum atomic E-state index is 11.8. The average Bonchev–Trinajstić information content (AvgIpc) is 2.53. The minimum atomic E-state index is 0.0133. The Bertz CT molecular complexity index is 540. The molecule has 0 fully saturated rings. The largest absolute Gasteiger partial charge is 0.349 e. The summed E-state index contributed by atoms with van der Waals surface area (Å²) in [6.45, 7) is 0.381. The zero-order valence-corrected chi connectivity index (χ0v) is 12.2. The molecule has 2 aromatic rings. The topological polar surface area (TPSA) is 55.1 Å². The van der Waals surface area contributed by atoms with E-state index < -0.39 is 0 Å². The molecule has 3 N–H and O–H groups in total. The lowest BCUT2D eigenvalue weighted by atomic mass is 9.99. The van der Waals surface area contributed by atoms with Gasteiger partial charge in [0.15, 0.2) is 0 Å². The van der Waals surface area contributed by atoms with Gasteiger partial charge in [0, 0.05) is 13.0 Å². The predicted molar refractivity (Wildman–Crippen MR) is 85.8 cm³/mol. The first-order valence-corrected chi connectivity index (χ1v) is 7.38. The van der Waals surface area contributed by atoms with Crippen LogP contribution in [0.15, 0.2) is 60.7 Å². The number of hydrogen-bond acceptors (Lipinski definition) is 2. The molecule has 2 rings (SSSR count). The number of nitrogens with two attached hydrogens (primary N) is 1. The average molecular weight is 282 g/mol. The van der Waals surface area contributed by atoms with Crippen LogP contribution in [0.3, 0.4) is 0 Å². The molecule has 3 nitrogen and oxygen atoms in total. The molecule has 0 radical (unpaired) electrons. The van der Waals surface area contributed by atoms with E-state index in [9.17, 15) is 4.79 Å². The van der Waals surface area contributed by atoms with Gasteiger partial charge in [-0.05, 0) is 24.0 Å². The molecule has 0 aliphatic heterocycles. The Balaban J connectivity index is 2.03. The zero-order valence-electron chi connectivity index (χ0n) is 12.2. The van der Waals surface area contributed by atoms with Crippen LogP contribution in [0.2, 0.25) is 0 Å². The van der Waals surface area contributed by atoms with Crippen molar-refractivity contribution in [3.8, 4) is 0 Å². The number of carbonyl (C=O) groups excluding carboxylic acids is 1. The summed E-state index contributed by atoms with van der Waals surface area (Å²) in [4.78, 5) is 11.8. The number of aryl methyl sites for hydroxylation is 1. The Morgan fingerprint density at radius 3 is 2.24 bits per heavy atom. The lowest BCUT2D eigenvalue weighted by Gasteiger charge is -2.19. The van der Waals surface area contributed by atoms with E-state index in [4.69, 9.17) is 5.73 Å². The van der Waals surface area contributed by atoms with Crippen molar-refractivity contribution in [1.29, 1.82) is 0 Å². The number of amides is 1. The van der Waals surface area contributed by atoms with Gasteiger partial charge in [0.1, 0.15) is 0 Å². The van der Waals surface area contributed by atoms with Gasteiger partial charge in [0.25, 0.3) is 0 Å². The van der Waals surface area contributed by atoms with E-state index in [0.29, 0.717) is 13.0 Å². The third-order valence-electron chi connectivity index (χ3n) is 3.47. The Morgan fingerprint density at radius 2 is 1.62 bits per heavy atom. The number of carbonyl (C=O) groups is 1. The van der Waals surface area contributed by atoms with Crippen LogP contribution in [0.1, 0.15) is 30.0 Å². The van der Waals surface area contributed by atoms with Gasteiger partial charge in [-0.15, -0.1) is 0 Å². The monoisotopic (exact) mass is 282 g/mol. The lowest BCUT2D eigenvalue weighted by Crippen LogP contribution is -2.30. The smallest absolute Gasteiger partial charge is 0.221 e. The molecule has 1 amide bonds. The number of benzene rings is 2. The van der Waals surface area contributed by atoms with Crippen LogP contribution in [0.4, 0.5) is 0 Å². The van der Waals surface area contributed by atoms with E-state index >= 15 is 0 Å². The summed E-state index contributed by atoms with van der Waals surface area (Å²) >= 11 is 0. The molecule has 1 unspecified atom stereocenters. The number of rotatable bonds is 7. The van der Waals surface area contributed by atoms with E-state index in [1.807, 2.05) is 36.4 Å². The van der Waals surface area contributed by atoms with Crippen LogP contribution in [-0.2, 0) is 11.2 Å². The highest BCUT2D eigenvalue weighted by Gasteiger charge is 2.13. The maximum absolute atomic E-state index is 11.8. The Hall–Kier alpha value is -2.13. The SMILES string of the molecule is NCCC(=O)NC(CCc1ccccc1)c1ccccc1. The van der Waals surface area contributed by atoms with Gasteiger partial charge < -0.3 is 11.1 Å². The van der Waals surface area contributed by atoms with E-state index in [-0.39, 0.29) is 11.9 Å². The van der Waals surface area contributed by atoms with Crippen molar-refractivity contribution in [2.45, 2.75) is 25.3 Å². The molecular formula is C18H22N2O. The molecule has 0 aliphatic carbocycles. The lowest BCUT2D eigenvalue weighted by molar-refractivity contribution is -0.121. The molecule has 0 bridgehead atoms. The summed E-state index contributed by atoms with van der Waals surface area (Å²) in [6, 6.07) is 20.5. The highest BCUT2D eigenvalue weighted by Crippen LogP contribution is 2.19. The fourth-order valence-corrected chi connectivity index (χ4v) is 2.36. The molecule has 0 saturated carbocycles. The first-order chi connectivity index (χ1) is 10.3. The van der Waals surface area contributed by atoms with Gasteiger partial charge in [-0.3, -0.25) is 4.79 Å². The predicted octanol–water partition coefficient (Wildman–Crippen LogP) is 2.83. The Morgan fingerprint density at radius 1 is 1.00 bits per heavy atom. The standard InChI is InChI=1S/C18H22N2O/c19-14-13-18(21)20-17(16-9-5-2-6-10-16)12-11-15-7-3-1-4-8-15/h1-10,17H,11-14,19H2,(H,20,21). The van der Waals surface area contributed by atoms with Crippen LogP contribution in [0, 0.1) is 0 Å². The van der Waals surface area contributed by atoms with Crippen LogP contribution in [-0.4, -0.2) is 12.5 Å². The first kappa shape index (κ1) is 15.3. The summed E-state index contributed by atoms with van der Waals surface area (Å²) in [7, 11) is 0. The Labute approximate surface area is 126 Å². The van der Waals surface area contributed by atoms with Gasteiger partial charge in [-0.25, -0.2) is 0 Å². The zero-order chi connectivity index (χ0) is 14.9. The van der Waals surface area contributed by atoms with Crippen LogP contribution < -0.4 is 11.1 Å². The second-order valence-corrected chi connectivity index (χ2v) is 5.09. The molecule has 0 aromatic heterocycles. The van der Waals surface area contributed by atoms with Crippen molar-refractivity contribution in [2.75, 3.05) is 6.54 Å². The molecule has 0 aliphatic rings. The molecule has 0 spiro atoms. The molecule has 2 aromatic carbocycles. The van der Waals surface area contributed by atoms with E-state index in [1.165, 1.54) is 5.56 Å². The summed E-state index contributed by atoms with van der Waals surface area (Å²) < 4.78 is 0.